The number of benzene rings is 2. The number of hydrazine groups is 1. The maximum absolute atomic E-state index is 12.0. The molecule has 0 atom stereocenters. The van der Waals surface area contributed by atoms with Gasteiger partial charge in [0.05, 0.1) is 11.6 Å². The standard InChI is InChI=1S/C16H13Cl2N3O2/c17-11-5-6-14(13(18)7-11)23-9-15(22)20-21-8-10-3-1-2-4-12(10)16(21)19/h1-7,19H,8-9H2,(H,20,22). The number of carbonyl (C=O) groups is 1. The number of amidine groups is 1. The topological polar surface area (TPSA) is 65.4 Å². The molecule has 0 unspecified atom stereocenters. The smallest absolute Gasteiger partial charge is 0.276 e. The molecule has 0 saturated carbocycles. The van der Waals surface area contributed by atoms with Crippen molar-refractivity contribution in [1.29, 1.82) is 5.41 Å². The lowest BCUT2D eigenvalue weighted by Crippen LogP contribution is -2.44. The number of amides is 1. The summed E-state index contributed by atoms with van der Waals surface area (Å²) in [5.74, 6) is 0.276. The molecule has 0 saturated heterocycles. The molecule has 5 nitrogen and oxygen atoms in total. The van der Waals surface area contributed by atoms with E-state index in [4.69, 9.17) is 33.3 Å². The van der Waals surface area contributed by atoms with Gasteiger partial charge in [0, 0.05) is 10.6 Å². The minimum atomic E-state index is -0.367. The Morgan fingerprint density at radius 1 is 1.26 bits per heavy atom. The summed E-state index contributed by atoms with van der Waals surface area (Å²) in [6.07, 6.45) is 0. The zero-order chi connectivity index (χ0) is 16.4. The van der Waals surface area contributed by atoms with Crippen LogP contribution >= 0.6 is 23.2 Å². The number of nitrogens with zero attached hydrogens (tertiary/aromatic N) is 1. The van der Waals surface area contributed by atoms with Gasteiger partial charge in [0.25, 0.3) is 5.91 Å². The van der Waals surface area contributed by atoms with Crippen molar-refractivity contribution >= 4 is 34.9 Å². The zero-order valence-electron chi connectivity index (χ0n) is 12.0. The minimum absolute atomic E-state index is 0.207. The highest BCUT2D eigenvalue weighted by atomic mass is 35.5. The first-order valence-electron chi connectivity index (χ1n) is 6.86. The van der Waals surface area contributed by atoms with Crippen LogP contribution in [0, 0.1) is 5.41 Å². The maximum atomic E-state index is 12.0. The summed E-state index contributed by atoms with van der Waals surface area (Å²) in [6, 6.07) is 12.3. The SMILES string of the molecule is N=C1c2ccccc2CN1NC(=O)COc1ccc(Cl)cc1Cl. The Kier molecular flexibility index (Phi) is 4.41. The third-order valence-corrected chi connectivity index (χ3v) is 3.91. The van der Waals surface area contributed by atoms with Crippen molar-refractivity contribution in [3.8, 4) is 5.75 Å². The van der Waals surface area contributed by atoms with Crippen molar-refractivity contribution in [1.82, 2.24) is 10.4 Å². The molecule has 0 fully saturated rings. The van der Waals surface area contributed by atoms with Crippen molar-refractivity contribution in [2.75, 3.05) is 6.61 Å². The van der Waals surface area contributed by atoms with Gasteiger partial charge < -0.3 is 4.74 Å². The molecule has 1 aliphatic rings. The van der Waals surface area contributed by atoms with Crippen LogP contribution in [-0.2, 0) is 11.3 Å². The quantitative estimate of drug-likeness (QED) is 0.890. The third kappa shape index (κ3) is 3.41. The van der Waals surface area contributed by atoms with Gasteiger partial charge in [-0.15, -0.1) is 0 Å². The Balaban J connectivity index is 1.57. The highest BCUT2D eigenvalue weighted by molar-refractivity contribution is 6.35. The molecule has 0 bridgehead atoms. The lowest BCUT2D eigenvalue weighted by Gasteiger charge is -2.19. The van der Waals surface area contributed by atoms with E-state index in [2.05, 4.69) is 5.43 Å². The predicted octanol–water partition coefficient (Wildman–Crippen LogP) is 3.24. The molecule has 1 heterocycles. The number of hydrogen-bond acceptors (Lipinski definition) is 3. The van der Waals surface area contributed by atoms with Gasteiger partial charge >= 0.3 is 0 Å². The summed E-state index contributed by atoms with van der Waals surface area (Å²) in [5, 5.41) is 10.4. The van der Waals surface area contributed by atoms with Crippen LogP contribution in [0.2, 0.25) is 10.0 Å². The average molecular weight is 350 g/mol. The zero-order valence-corrected chi connectivity index (χ0v) is 13.5. The molecular formula is C16H13Cl2N3O2. The molecule has 0 radical (unpaired) electrons. The first kappa shape index (κ1) is 15.6. The van der Waals surface area contributed by atoms with E-state index in [0.717, 1.165) is 11.1 Å². The monoisotopic (exact) mass is 349 g/mol. The second kappa shape index (κ2) is 6.48. The maximum Gasteiger partial charge on any atom is 0.276 e. The fraction of sp³-hybridized carbons (Fsp3) is 0.125. The van der Waals surface area contributed by atoms with Crippen LogP contribution in [0.1, 0.15) is 11.1 Å². The molecule has 2 aromatic carbocycles. The summed E-state index contributed by atoms with van der Waals surface area (Å²) in [4.78, 5) is 12.0. The number of hydrogen-bond donors (Lipinski definition) is 2. The second-order valence-electron chi connectivity index (χ2n) is 4.99. The number of ether oxygens (including phenoxy) is 1. The molecule has 23 heavy (non-hydrogen) atoms. The average Bonchev–Trinajstić information content (AvgIpc) is 2.83. The summed E-state index contributed by atoms with van der Waals surface area (Å²) < 4.78 is 5.38. The molecule has 0 aliphatic carbocycles. The molecule has 2 N–H and O–H groups in total. The van der Waals surface area contributed by atoms with Crippen LogP contribution < -0.4 is 10.2 Å². The first-order chi connectivity index (χ1) is 11.0. The van der Waals surface area contributed by atoms with Crippen molar-refractivity contribution in [3.05, 3.63) is 63.6 Å². The number of nitrogens with one attached hydrogen (secondary N) is 2. The second-order valence-corrected chi connectivity index (χ2v) is 5.83. The van der Waals surface area contributed by atoms with Gasteiger partial charge in [0.15, 0.2) is 6.61 Å². The highest BCUT2D eigenvalue weighted by Crippen LogP contribution is 2.27. The van der Waals surface area contributed by atoms with Crippen LogP contribution in [0.5, 0.6) is 5.75 Å². The molecule has 118 valence electrons. The summed E-state index contributed by atoms with van der Waals surface area (Å²) in [6.45, 7) is 0.254. The van der Waals surface area contributed by atoms with Crippen LogP contribution in [0.3, 0.4) is 0 Å². The number of rotatable bonds is 4. The Morgan fingerprint density at radius 2 is 2.04 bits per heavy atom. The van der Waals surface area contributed by atoms with E-state index in [-0.39, 0.29) is 18.3 Å². The van der Waals surface area contributed by atoms with Crippen molar-refractivity contribution in [2.45, 2.75) is 6.54 Å². The third-order valence-electron chi connectivity index (χ3n) is 3.38. The number of fused-ring (bicyclic) bond motifs is 1. The molecule has 0 aromatic heterocycles. The largest absolute Gasteiger partial charge is 0.482 e. The number of halogens is 2. The Bertz CT molecular complexity index is 780. The Hall–Kier alpha value is -2.24. The van der Waals surface area contributed by atoms with E-state index in [1.165, 1.54) is 5.01 Å². The van der Waals surface area contributed by atoms with E-state index < -0.39 is 0 Å². The molecule has 2 aromatic rings. The fourth-order valence-corrected chi connectivity index (χ4v) is 2.76. The molecule has 1 aliphatic heterocycles. The van der Waals surface area contributed by atoms with Crippen molar-refractivity contribution in [2.24, 2.45) is 0 Å². The summed E-state index contributed by atoms with van der Waals surface area (Å²) >= 11 is 11.8. The molecule has 1 amide bonds. The minimum Gasteiger partial charge on any atom is -0.482 e. The van der Waals surface area contributed by atoms with Gasteiger partial charge in [0.1, 0.15) is 11.6 Å². The predicted molar refractivity (Wildman–Crippen MR) is 88.9 cm³/mol. The van der Waals surface area contributed by atoms with Crippen LogP contribution in [0.4, 0.5) is 0 Å². The van der Waals surface area contributed by atoms with Crippen molar-refractivity contribution < 1.29 is 9.53 Å². The van der Waals surface area contributed by atoms with Crippen LogP contribution in [0.25, 0.3) is 0 Å². The van der Waals surface area contributed by atoms with Crippen LogP contribution in [0.15, 0.2) is 42.5 Å². The van der Waals surface area contributed by atoms with Gasteiger partial charge in [-0.3, -0.25) is 20.6 Å². The van der Waals surface area contributed by atoms with E-state index in [9.17, 15) is 4.79 Å². The van der Waals surface area contributed by atoms with E-state index in [0.29, 0.717) is 22.3 Å². The van der Waals surface area contributed by atoms with Gasteiger partial charge in [-0.25, -0.2) is 0 Å². The lowest BCUT2D eigenvalue weighted by molar-refractivity contribution is -0.126. The summed E-state index contributed by atoms with van der Waals surface area (Å²) in [7, 11) is 0. The van der Waals surface area contributed by atoms with Gasteiger partial charge in [-0.1, -0.05) is 47.5 Å². The first-order valence-corrected chi connectivity index (χ1v) is 7.62. The van der Waals surface area contributed by atoms with Crippen LogP contribution in [-0.4, -0.2) is 23.4 Å². The van der Waals surface area contributed by atoms with Crippen molar-refractivity contribution in [3.63, 3.8) is 0 Å². The molecule has 7 heteroatoms. The highest BCUT2D eigenvalue weighted by Gasteiger charge is 2.25. The van der Waals surface area contributed by atoms with Gasteiger partial charge in [-0.05, 0) is 23.8 Å². The molecule has 0 spiro atoms. The van der Waals surface area contributed by atoms with Gasteiger partial charge in [-0.2, -0.15) is 0 Å². The van der Waals surface area contributed by atoms with E-state index in [1.807, 2.05) is 24.3 Å². The Labute approximate surface area is 143 Å². The molecular weight excluding hydrogens is 337 g/mol. The van der Waals surface area contributed by atoms with E-state index in [1.54, 1.807) is 18.2 Å². The summed E-state index contributed by atoms with van der Waals surface area (Å²) in [5.41, 5.74) is 4.47. The van der Waals surface area contributed by atoms with E-state index >= 15 is 0 Å². The fourth-order valence-electron chi connectivity index (χ4n) is 2.30. The molecule has 3 rings (SSSR count). The number of carbonyl (C=O) groups excluding carboxylic acids is 1. The Morgan fingerprint density at radius 3 is 2.78 bits per heavy atom. The normalized spacial score (nSPS) is 13.0. The van der Waals surface area contributed by atoms with Gasteiger partial charge in [0.2, 0.25) is 0 Å². The lowest BCUT2D eigenvalue weighted by atomic mass is 10.1.